The highest BCUT2D eigenvalue weighted by atomic mass is 16.6. The van der Waals surface area contributed by atoms with Crippen LogP contribution in [0.3, 0.4) is 0 Å². The van der Waals surface area contributed by atoms with Gasteiger partial charge in [0, 0.05) is 12.7 Å². The number of hydrogen-bond donors (Lipinski definition) is 0. The molecule has 0 aliphatic carbocycles. The van der Waals surface area contributed by atoms with Gasteiger partial charge in [0.05, 0.1) is 12.0 Å². The number of methoxy groups -OCH3 is 1. The Kier molecular flexibility index (Phi) is 3.40. The van der Waals surface area contributed by atoms with Gasteiger partial charge in [-0.2, -0.15) is 0 Å². The minimum absolute atomic E-state index is 0.0895. The Morgan fingerprint density at radius 1 is 1.67 bits per heavy atom. The standard InChI is InChI=1S/C11H13N3O4/c1-18-11(15)9-3-2-6-13(9)8-4-5-12-7-10(8)14(16)17/h4-5,7,9H,2-3,6H2,1H3. The molecule has 0 saturated carbocycles. The topological polar surface area (TPSA) is 85.6 Å². The van der Waals surface area contributed by atoms with Gasteiger partial charge in [0.1, 0.15) is 17.9 Å². The Morgan fingerprint density at radius 2 is 2.44 bits per heavy atom. The number of pyridine rings is 1. The Bertz CT molecular complexity index is 477. The first-order chi connectivity index (χ1) is 8.65. The third-order valence-electron chi connectivity index (χ3n) is 3.01. The molecule has 96 valence electrons. The highest BCUT2D eigenvalue weighted by Gasteiger charge is 2.34. The monoisotopic (exact) mass is 251 g/mol. The van der Waals surface area contributed by atoms with E-state index in [1.165, 1.54) is 19.5 Å². The van der Waals surface area contributed by atoms with Crippen LogP contribution in [0.4, 0.5) is 11.4 Å². The molecule has 1 aromatic rings. The lowest BCUT2D eigenvalue weighted by atomic mass is 10.2. The van der Waals surface area contributed by atoms with E-state index < -0.39 is 11.0 Å². The summed E-state index contributed by atoms with van der Waals surface area (Å²) in [6.07, 6.45) is 4.13. The molecule has 1 fully saturated rings. The fourth-order valence-electron chi connectivity index (χ4n) is 2.20. The molecule has 1 aliphatic heterocycles. The second kappa shape index (κ2) is 4.99. The smallest absolute Gasteiger partial charge is 0.328 e. The lowest BCUT2D eigenvalue weighted by molar-refractivity contribution is -0.384. The third kappa shape index (κ3) is 2.11. The van der Waals surface area contributed by atoms with Gasteiger partial charge in [0.2, 0.25) is 0 Å². The van der Waals surface area contributed by atoms with Gasteiger partial charge in [-0.3, -0.25) is 15.1 Å². The number of esters is 1. The van der Waals surface area contributed by atoms with Gasteiger partial charge in [-0.15, -0.1) is 0 Å². The summed E-state index contributed by atoms with van der Waals surface area (Å²) in [6.45, 7) is 0.602. The first kappa shape index (κ1) is 12.3. The molecule has 0 radical (unpaired) electrons. The summed E-state index contributed by atoms with van der Waals surface area (Å²) >= 11 is 0. The van der Waals surface area contributed by atoms with E-state index in [9.17, 15) is 14.9 Å². The maximum atomic E-state index is 11.6. The van der Waals surface area contributed by atoms with Gasteiger partial charge in [-0.25, -0.2) is 4.79 Å². The van der Waals surface area contributed by atoms with Crippen LogP contribution < -0.4 is 4.90 Å². The number of nitro groups is 1. The van der Waals surface area contributed by atoms with Crippen molar-refractivity contribution in [2.45, 2.75) is 18.9 Å². The highest BCUT2D eigenvalue weighted by Crippen LogP contribution is 2.32. The van der Waals surface area contributed by atoms with Crippen LogP contribution in [0.15, 0.2) is 18.5 Å². The molecule has 0 bridgehead atoms. The second-order valence-electron chi connectivity index (χ2n) is 4.00. The molecule has 1 aliphatic rings. The molecule has 18 heavy (non-hydrogen) atoms. The van der Waals surface area contributed by atoms with Crippen molar-refractivity contribution >= 4 is 17.3 Å². The van der Waals surface area contributed by atoms with Crippen molar-refractivity contribution in [3.63, 3.8) is 0 Å². The van der Waals surface area contributed by atoms with E-state index in [0.29, 0.717) is 18.7 Å². The maximum Gasteiger partial charge on any atom is 0.328 e. The summed E-state index contributed by atoms with van der Waals surface area (Å²) < 4.78 is 4.72. The normalized spacial score (nSPS) is 18.7. The Hall–Kier alpha value is -2.18. The van der Waals surface area contributed by atoms with Gasteiger partial charge in [-0.05, 0) is 18.9 Å². The largest absolute Gasteiger partial charge is 0.467 e. The summed E-state index contributed by atoms with van der Waals surface area (Å²) in [5.74, 6) is -0.362. The highest BCUT2D eigenvalue weighted by molar-refractivity contribution is 5.82. The van der Waals surface area contributed by atoms with E-state index in [2.05, 4.69) is 4.98 Å². The molecule has 7 nitrogen and oxygen atoms in total. The summed E-state index contributed by atoms with van der Waals surface area (Å²) in [5, 5.41) is 10.9. The maximum absolute atomic E-state index is 11.6. The molecule has 1 saturated heterocycles. The predicted octanol–water partition coefficient (Wildman–Crippen LogP) is 1.13. The molecule has 0 amide bonds. The SMILES string of the molecule is COC(=O)C1CCCN1c1ccncc1[N+](=O)[O-]. The van der Waals surface area contributed by atoms with Crippen molar-refractivity contribution in [3.05, 3.63) is 28.6 Å². The van der Waals surface area contributed by atoms with Crippen LogP contribution in [0.5, 0.6) is 0 Å². The fraction of sp³-hybridized carbons (Fsp3) is 0.455. The second-order valence-corrected chi connectivity index (χ2v) is 4.00. The molecule has 0 aromatic carbocycles. The van der Waals surface area contributed by atoms with Crippen LogP contribution in [0.1, 0.15) is 12.8 Å². The van der Waals surface area contributed by atoms with Gasteiger partial charge in [0.15, 0.2) is 0 Å². The predicted molar refractivity (Wildman–Crippen MR) is 63.3 cm³/mol. The van der Waals surface area contributed by atoms with Gasteiger partial charge in [-0.1, -0.05) is 0 Å². The zero-order valence-corrected chi connectivity index (χ0v) is 9.91. The quantitative estimate of drug-likeness (QED) is 0.455. The van der Waals surface area contributed by atoms with Crippen LogP contribution in [0.25, 0.3) is 0 Å². The molecule has 0 N–H and O–H groups in total. The average Bonchev–Trinajstić information content (AvgIpc) is 2.86. The summed E-state index contributed by atoms with van der Waals surface area (Å²) in [6, 6.07) is 1.11. The lowest BCUT2D eigenvalue weighted by Crippen LogP contribution is -2.37. The number of hydrogen-bond acceptors (Lipinski definition) is 6. The average molecular weight is 251 g/mol. The zero-order valence-electron chi connectivity index (χ0n) is 9.91. The van der Waals surface area contributed by atoms with Crippen LogP contribution in [0, 0.1) is 10.1 Å². The van der Waals surface area contributed by atoms with Crippen molar-refractivity contribution in [3.8, 4) is 0 Å². The zero-order chi connectivity index (χ0) is 13.1. The van der Waals surface area contributed by atoms with Gasteiger partial charge in [0.25, 0.3) is 0 Å². The van der Waals surface area contributed by atoms with E-state index in [1.807, 2.05) is 0 Å². The molecule has 1 unspecified atom stereocenters. The number of aromatic nitrogens is 1. The molecule has 1 aromatic heterocycles. The third-order valence-corrected chi connectivity index (χ3v) is 3.01. The first-order valence-corrected chi connectivity index (χ1v) is 5.58. The number of nitrogens with zero attached hydrogens (tertiary/aromatic N) is 3. The fourth-order valence-corrected chi connectivity index (χ4v) is 2.20. The summed E-state index contributed by atoms with van der Waals surface area (Å²) in [4.78, 5) is 27.5. The van der Waals surface area contributed by atoms with Gasteiger partial charge >= 0.3 is 11.7 Å². The first-order valence-electron chi connectivity index (χ1n) is 5.58. The van der Waals surface area contributed by atoms with Crippen LogP contribution in [0.2, 0.25) is 0 Å². The Morgan fingerprint density at radius 3 is 3.11 bits per heavy atom. The number of ether oxygens (including phenoxy) is 1. The number of carbonyl (C=O) groups is 1. The van der Waals surface area contributed by atoms with E-state index in [-0.39, 0.29) is 11.7 Å². The van der Waals surface area contributed by atoms with E-state index in [4.69, 9.17) is 4.74 Å². The van der Waals surface area contributed by atoms with Gasteiger partial charge < -0.3 is 9.64 Å². The molecular formula is C11H13N3O4. The van der Waals surface area contributed by atoms with Crippen molar-refractivity contribution in [1.82, 2.24) is 4.98 Å². The van der Waals surface area contributed by atoms with Crippen LogP contribution in [-0.4, -0.2) is 35.6 Å². The molecule has 0 spiro atoms. The summed E-state index contributed by atoms with van der Waals surface area (Å²) in [7, 11) is 1.32. The van der Waals surface area contributed by atoms with Crippen LogP contribution in [-0.2, 0) is 9.53 Å². The molecule has 2 heterocycles. The molecule has 1 atom stereocenters. The van der Waals surface area contributed by atoms with Crippen molar-refractivity contribution in [2.24, 2.45) is 0 Å². The minimum Gasteiger partial charge on any atom is -0.467 e. The van der Waals surface area contributed by atoms with E-state index >= 15 is 0 Å². The Labute approximate surface area is 104 Å². The van der Waals surface area contributed by atoms with Crippen LogP contribution >= 0.6 is 0 Å². The number of anilines is 1. The summed E-state index contributed by atoms with van der Waals surface area (Å²) in [5.41, 5.74) is 0.330. The Balaban J connectivity index is 2.36. The van der Waals surface area contributed by atoms with Crippen molar-refractivity contribution in [1.29, 1.82) is 0 Å². The van der Waals surface area contributed by atoms with Crippen molar-refractivity contribution in [2.75, 3.05) is 18.6 Å². The lowest BCUT2D eigenvalue weighted by Gasteiger charge is -2.24. The minimum atomic E-state index is -0.491. The van der Waals surface area contributed by atoms with E-state index in [0.717, 1.165) is 6.42 Å². The van der Waals surface area contributed by atoms with E-state index in [1.54, 1.807) is 11.0 Å². The number of carbonyl (C=O) groups excluding carboxylic acids is 1. The molecular weight excluding hydrogens is 238 g/mol. The number of rotatable bonds is 3. The van der Waals surface area contributed by atoms with Crippen molar-refractivity contribution < 1.29 is 14.5 Å². The molecule has 2 rings (SSSR count). The molecule has 7 heteroatoms.